The number of carbonyl (C=O) groups is 2. The van der Waals surface area contributed by atoms with Crippen LogP contribution in [0, 0.1) is 12.8 Å². The summed E-state index contributed by atoms with van der Waals surface area (Å²) in [5, 5.41) is 3.49. The number of Topliss-reactive ketones (excluding diaryl/α,β-unsaturated/α-hetero) is 2. The molecule has 2 unspecified atom stereocenters. The van der Waals surface area contributed by atoms with Crippen molar-refractivity contribution in [2.24, 2.45) is 5.92 Å². The highest BCUT2D eigenvalue weighted by atomic mass is 19.4. The van der Waals surface area contributed by atoms with Crippen molar-refractivity contribution in [2.75, 3.05) is 14.2 Å². The Bertz CT molecular complexity index is 1570. The molecule has 0 heterocycles. The number of aryl methyl sites for hydroxylation is 1. The molecular formula is C31H27F3O4. The zero-order valence-corrected chi connectivity index (χ0v) is 21.3. The second-order valence-corrected chi connectivity index (χ2v) is 9.77. The quantitative estimate of drug-likeness (QED) is 0.197. The summed E-state index contributed by atoms with van der Waals surface area (Å²) >= 11 is 0. The summed E-state index contributed by atoms with van der Waals surface area (Å²) in [6.07, 6.45) is -5.91. The minimum atomic E-state index is -4.42. The van der Waals surface area contributed by atoms with Gasteiger partial charge in [-0.2, -0.15) is 13.2 Å². The summed E-state index contributed by atoms with van der Waals surface area (Å²) < 4.78 is 50.6. The second-order valence-electron chi connectivity index (χ2n) is 9.77. The largest absolute Gasteiger partial charge is 0.497 e. The maximum atomic E-state index is 14.1. The van der Waals surface area contributed by atoms with Crippen molar-refractivity contribution in [1.29, 1.82) is 0 Å². The van der Waals surface area contributed by atoms with E-state index in [1.165, 1.54) is 14.2 Å². The maximum Gasteiger partial charge on any atom is 0.389 e. The molecule has 2 atom stereocenters. The van der Waals surface area contributed by atoms with Crippen LogP contribution < -0.4 is 9.47 Å². The summed E-state index contributed by atoms with van der Waals surface area (Å²) in [7, 11) is 2.99. The molecule has 38 heavy (non-hydrogen) atoms. The molecule has 0 spiro atoms. The van der Waals surface area contributed by atoms with Gasteiger partial charge in [-0.25, -0.2) is 0 Å². The van der Waals surface area contributed by atoms with E-state index in [2.05, 4.69) is 0 Å². The van der Waals surface area contributed by atoms with Crippen molar-refractivity contribution in [1.82, 2.24) is 0 Å². The number of alkyl halides is 3. The number of fused-ring (bicyclic) bond motifs is 5. The Hall–Kier alpha value is -3.87. The van der Waals surface area contributed by atoms with E-state index in [4.69, 9.17) is 9.47 Å². The normalized spacial score (nSPS) is 17.6. The molecule has 0 fully saturated rings. The second kappa shape index (κ2) is 9.78. The number of halogens is 3. The SMILES string of the molecule is COc1ccc(CC2C(=O)c3c(ccc4c3c(C)cc3ccccc34)C(CCC(F)(F)F)C2=O)c(OC)c1. The van der Waals surface area contributed by atoms with Crippen LogP contribution in [0.25, 0.3) is 21.5 Å². The van der Waals surface area contributed by atoms with Crippen LogP contribution in [0.3, 0.4) is 0 Å². The highest BCUT2D eigenvalue weighted by Gasteiger charge is 2.43. The number of carbonyl (C=O) groups excluding carboxylic acids is 2. The fraction of sp³-hybridized carbons (Fsp3) is 0.290. The van der Waals surface area contributed by atoms with Gasteiger partial charge in [-0.15, -0.1) is 0 Å². The lowest BCUT2D eigenvalue weighted by molar-refractivity contribution is -0.138. The monoisotopic (exact) mass is 520 g/mol. The van der Waals surface area contributed by atoms with Gasteiger partial charge in [0.15, 0.2) is 11.6 Å². The van der Waals surface area contributed by atoms with Crippen LogP contribution in [-0.4, -0.2) is 32.0 Å². The van der Waals surface area contributed by atoms with Crippen LogP contribution in [0.2, 0.25) is 0 Å². The van der Waals surface area contributed by atoms with Gasteiger partial charge in [-0.05, 0) is 64.1 Å². The van der Waals surface area contributed by atoms with Gasteiger partial charge in [0, 0.05) is 24.0 Å². The topological polar surface area (TPSA) is 52.6 Å². The molecular weight excluding hydrogens is 493 g/mol. The smallest absolute Gasteiger partial charge is 0.389 e. The number of hydrogen-bond donors (Lipinski definition) is 0. The Balaban J connectivity index is 1.70. The van der Waals surface area contributed by atoms with Gasteiger partial charge < -0.3 is 9.47 Å². The average molecular weight is 521 g/mol. The Morgan fingerprint density at radius 3 is 2.34 bits per heavy atom. The van der Waals surface area contributed by atoms with Crippen molar-refractivity contribution in [2.45, 2.75) is 38.3 Å². The standard InChI is InChI=1S/C31H27F3O4/c1-17-14-18-6-4-5-7-21(18)22-10-11-23-24(12-13-31(32,33)34)29(35)25(30(36)28(23)27(17)22)15-19-8-9-20(37-2)16-26(19)38-3/h4-11,14,16,24-25H,12-13,15H2,1-3H3. The highest BCUT2D eigenvalue weighted by molar-refractivity contribution is 6.25. The third-order valence-electron chi connectivity index (χ3n) is 7.51. The van der Waals surface area contributed by atoms with Crippen molar-refractivity contribution in [3.05, 3.63) is 82.9 Å². The lowest BCUT2D eigenvalue weighted by Crippen LogP contribution is -2.37. The Kier molecular flexibility index (Phi) is 6.63. The summed E-state index contributed by atoms with van der Waals surface area (Å²) in [5.74, 6) is -2.01. The molecule has 0 amide bonds. The lowest BCUT2D eigenvalue weighted by atomic mass is 9.69. The molecule has 4 nitrogen and oxygen atoms in total. The van der Waals surface area contributed by atoms with E-state index in [1.807, 2.05) is 43.3 Å². The molecule has 1 aliphatic rings. The first-order valence-corrected chi connectivity index (χ1v) is 12.4. The molecule has 5 rings (SSSR count). The molecule has 196 valence electrons. The molecule has 0 aromatic heterocycles. The Morgan fingerprint density at radius 2 is 1.63 bits per heavy atom. The number of rotatable bonds is 6. The van der Waals surface area contributed by atoms with Crippen LogP contribution in [0.15, 0.2) is 60.7 Å². The molecule has 4 aromatic carbocycles. The lowest BCUT2D eigenvalue weighted by Gasteiger charge is -2.31. The van der Waals surface area contributed by atoms with E-state index in [9.17, 15) is 22.8 Å². The van der Waals surface area contributed by atoms with Crippen molar-refractivity contribution in [3.8, 4) is 11.5 Å². The van der Waals surface area contributed by atoms with Crippen molar-refractivity contribution < 1.29 is 32.2 Å². The van der Waals surface area contributed by atoms with Crippen molar-refractivity contribution >= 4 is 33.1 Å². The van der Waals surface area contributed by atoms with E-state index < -0.39 is 36.6 Å². The molecule has 0 aliphatic heterocycles. The Morgan fingerprint density at radius 1 is 0.868 bits per heavy atom. The molecule has 0 saturated heterocycles. The molecule has 0 saturated carbocycles. The highest BCUT2D eigenvalue weighted by Crippen LogP contribution is 2.44. The maximum absolute atomic E-state index is 14.1. The summed E-state index contributed by atoms with van der Waals surface area (Å²) in [6.45, 7) is 1.89. The molecule has 7 heteroatoms. The average Bonchev–Trinajstić information content (AvgIpc) is 2.90. The first kappa shape index (κ1) is 25.8. The molecule has 0 bridgehead atoms. The Labute approximate surface area is 218 Å². The van der Waals surface area contributed by atoms with E-state index in [1.54, 1.807) is 24.3 Å². The van der Waals surface area contributed by atoms with Crippen LogP contribution in [0.1, 0.15) is 45.8 Å². The third-order valence-corrected chi connectivity index (χ3v) is 7.51. The minimum Gasteiger partial charge on any atom is -0.497 e. The zero-order chi connectivity index (χ0) is 27.2. The van der Waals surface area contributed by atoms with Gasteiger partial charge in [-0.3, -0.25) is 9.59 Å². The van der Waals surface area contributed by atoms with Crippen molar-refractivity contribution in [3.63, 3.8) is 0 Å². The molecule has 0 radical (unpaired) electrons. The van der Waals surface area contributed by atoms with Crippen LogP contribution in [-0.2, 0) is 11.2 Å². The van der Waals surface area contributed by atoms with Crippen LogP contribution >= 0.6 is 0 Å². The predicted octanol–water partition coefficient (Wildman–Crippen LogP) is 7.37. The molecule has 1 aliphatic carbocycles. The summed E-state index contributed by atoms with van der Waals surface area (Å²) in [5.41, 5.74) is 2.19. The first-order chi connectivity index (χ1) is 18.1. The van der Waals surface area contributed by atoms with E-state index >= 15 is 0 Å². The summed E-state index contributed by atoms with van der Waals surface area (Å²) in [6, 6.07) is 18.4. The van der Waals surface area contributed by atoms with Gasteiger partial charge >= 0.3 is 6.18 Å². The number of hydrogen-bond acceptors (Lipinski definition) is 4. The third kappa shape index (κ3) is 4.51. The minimum absolute atomic E-state index is 0.0236. The number of ketones is 2. The fourth-order valence-electron chi connectivity index (χ4n) is 5.72. The fourth-order valence-corrected chi connectivity index (χ4v) is 5.72. The van der Waals surface area contributed by atoms with Gasteiger partial charge in [0.25, 0.3) is 0 Å². The molecule has 4 aromatic rings. The van der Waals surface area contributed by atoms with Crippen LogP contribution in [0.5, 0.6) is 11.5 Å². The van der Waals surface area contributed by atoms with Gasteiger partial charge in [-0.1, -0.05) is 48.5 Å². The molecule has 0 N–H and O–H groups in total. The summed E-state index contributed by atoms with van der Waals surface area (Å²) in [4.78, 5) is 27.8. The van der Waals surface area contributed by atoms with Gasteiger partial charge in [0.05, 0.1) is 20.1 Å². The van der Waals surface area contributed by atoms with Gasteiger partial charge in [0.1, 0.15) is 11.5 Å². The predicted molar refractivity (Wildman–Crippen MR) is 140 cm³/mol. The van der Waals surface area contributed by atoms with Crippen LogP contribution in [0.4, 0.5) is 13.2 Å². The number of benzene rings is 4. The zero-order valence-electron chi connectivity index (χ0n) is 21.3. The van der Waals surface area contributed by atoms with E-state index in [-0.39, 0.29) is 12.2 Å². The number of ether oxygens (including phenoxy) is 2. The van der Waals surface area contributed by atoms with E-state index in [0.717, 1.165) is 21.7 Å². The van der Waals surface area contributed by atoms with Gasteiger partial charge in [0.2, 0.25) is 0 Å². The first-order valence-electron chi connectivity index (χ1n) is 12.4. The van der Waals surface area contributed by atoms with E-state index in [0.29, 0.717) is 33.6 Å². The number of methoxy groups -OCH3 is 2.